The Hall–Kier alpha value is -2.88. The molecule has 4 rings (SSSR count). The molecule has 2 heterocycles. The molecule has 1 fully saturated rings. The fourth-order valence-electron chi connectivity index (χ4n) is 3.50. The van der Waals surface area contributed by atoms with E-state index in [2.05, 4.69) is 27.0 Å². The first kappa shape index (κ1) is 16.6. The number of aromatic nitrogens is 2. The summed E-state index contributed by atoms with van der Waals surface area (Å²) in [5, 5.41) is 0. The van der Waals surface area contributed by atoms with Gasteiger partial charge in [-0.1, -0.05) is 30.3 Å². The molecule has 0 aliphatic carbocycles. The number of nitrogens with zero attached hydrogens (tertiary/aromatic N) is 3. The van der Waals surface area contributed by atoms with Crippen molar-refractivity contribution in [1.82, 2.24) is 9.97 Å². The van der Waals surface area contributed by atoms with Crippen LogP contribution in [0.3, 0.4) is 0 Å². The lowest BCUT2D eigenvalue weighted by molar-refractivity contribution is 0.578. The smallest absolute Gasteiger partial charge is 0.159 e. The average molecular weight is 344 g/mol. The van der Waals surface area contributed by atoms with Crippen LogP contribution in [0.4, 0.5) is 11.4 Å². The summed E-state index contributed by atoms with van der Waals surface area (Å²) in [5.74, 6) is 0.754. The van der Waals surface area contributed by atoms with Gasteiger partial charge in [0.1, 0.15) is 0 Å². The molecule has 26 heavy (non-hydrogen) atoms. The Labute approximate surface area is 154 Å². The second-order valence-corrected chi connectivity index (χ2v) is 6.89. The standard InChI is InChI=1S/C22H24N4/c23-21-10-9-20(26-11-5-2-6-12-26)14-19(21)13-17-15-24-22(25-16-17)18-7-3-1-4-8-18/h1,3-4,7-10,14-16H,2,5-6,11-13,23H2. The molecule has 132 valence electrons. The molecule has 0 amide bonds. The first-order chi connectivity index (χ1) is 12.8. The summed E-state index contributed by atoms with van der Waals surface area (Å²) >= 11 is 0. The summed E-state index contributed by atoms with van der Waals surface area (Å²) in [5.41, 5.74) is 11.6. The molecule has 2 aromatic carbocycles. The predicted octanol–water partition coefficient (Wildman–Crippen LogP) is 4.31. The highest BCUT2D eigenvalue weighted by molar-refractivity contribution is 5.60. The Kier molecular flexibility index (Phi) is 4.82. The van der Waals surface area contributed by atoms with Gasteiger partial charge in [0.15, 0.2) is 5.82 Å². The summed E-state index contributed by atoms with van der Waals surface area (Å²) in [4.78, 5) is 11.5. The fourth-order valence-corrected chi connectivity index (χ4v) is 3.50. The zero-order valence-electron chi connectivity index (χ0n) is 14.9. The number of nitrogen functional groups attached to an aromatic ring is 1. The molecule has 1 aromatic heterocycles. The molecule has 0 atom stereocenters. The number of piperidine rings is 1. The molecular formula is C22H24N4. The van der Waals surface area contributed by atoms with E-state index in [1.165, 1.54) is 24.9 Å². The number of hydrogen-bond donors (Lipinski definition) is 1. The second-order valence-electron chi connectivity index (χ2n) is 6.89. The Bertz CT molecular complexity index is 853. The van der Waals surface area contributed by atoms with Crippen LogP contribution in [-0.2, 0) is 6.42 Å². The zero-order valence-corrected chi connectivity index (χ0v) is 14.9. The summed E-state index contributed by atoms with van der Waals surface area (Å²) in [7, 11) is 0. The molecule has 4 heteroatoms. The van der Waals surface area contributed by atoms with Gasteiger partial charge >= 0.3 is 0 Å². The molecule has 3 aromatic rings. The van der Waals surface area contributed by atoms with Crippen molar-refractivity contribution < 1.29 is 0 Å². The topological polar surface area (TPSA) is 55.0 Å². The minimum Gasteiger partial charge on any atom is -0.398 e. The Morgan fingerprint density at radius 3 is 2.35 bits per heavy atom. The minimum atomic E-state index is 0.753. The van der Waals surface area contributed by atoms with Crippen LogP contribution < -0.4 is 10.6 Å². The van der Waals surface area contributed by atoms with Crippen LogP contribution in [0.15, 0.2) is 60.9 Å². The molecule has 1 saturated heterocycles. The van der Waals surface area contributed by atoms with Crippen molar-refractivity contribution in [3.63, 3.8) is 0 Å². The Morgan fingerprint density at radius 2 is 1.62 bits per heavy atom. The van der Waals surface area contributed by atoms with Crippen LogP contribution in [0, 0.1) is 0 Å². The van der Waals surface area contributed by atoms with E-state index in [9.17, 15) is 0 Å². The third kappa shape index (κ3) is 3.69. The van der Waals surface area contributed by atoms with Crippen molar-refractivity contribution in [3.05, 3.63) is 72.1 Å². The summed E-state index contributed by atoms with van der Waals surface area (Å²) in [6.07, 6.45) is 8.44. The van der Waals surface area contributed by atoms with Crippen LogP contribution in [0.25, 0.3) is 11.4 Å². The third-order valence-electron chi connectivity index (χ3n) is 4.98. The molecule has 0 unspecified atom stereocenters. The predicted molar refractivity (Wildman–Crippen MR) is 107 cm³/mol. The highest BCUT2D eigenvalue weighted by atomic mass is 15.1. The van der Waals surface area contributed by atoms with E-state index in [1.54, 1.807) is 0 Å². The van der Waals surface area contributed by atoms with Gasteiger partial charge in [-0.15, -0.1) is 0 Å². The quantitative estimate of drug-likeness (QED) is 0.717. The molecule has 0 spiro atoms. The van der Waals surface area contributed by atoms with E-state index >= 15 is 0 Å². The number of benzene rings is 2. The Morgan fingerprint density at radius 1 is 0.885 bits per heavy atom. The van der Waals surface area contributed by atoms with E-state index < -0.39 is 0 Å². The van der Waals surface area contributed by atoms with Crippen molar-refractivity contribution in [2.75, 3.05) is 23.7 Å². The minimum absolute atomic E-state index is 0.753. The van der Waals surface area contributed by atoms with E-state index in [0.717, 1.165) is 47.7 Å². The molecule has 4 nitrogen and oxygen atoms in total. The van der Waals surface area contributed by atoms with Crippen LogP contribution in [0.5, 0.6) is 0 Å². The highest BCUT2D eigenvalue weighted by Crippen LogP contribution is 2.26. The monoisotopic (exact) mass is 344 g/mol. The SMILES string of the molecule is Nc1ccc(N2CCCCC2)cc1Cc1cnc(-c2ccccc2)nc1. The maximum Gasteiger partial charge on any atom is 0.159 e. The van der Waals surface area contributed by atoms with Crippen LogP contribution in [0.2, 0.25) is 0 Å². The summed E-state index contributed by atoms with van der Waals surface area (Å²) < 4.78 is 0. The lowest BCUT2D eigenvalue weighted by Crippen LogP contribution is -2.29. The molecule has 0 radical (unpaired) electrons. The van der Waals surface area contributed by atoms with Crippen molar-refractivity contribution in [2.24, 2.45) is 0 Å². The van der Waals surface area contributed by atoms with Gasteiger partial charge in [-0.2, -0.15) is 0 Å². The Balaban J connectivity index is 1.53. The van der Waals surface area contributed by atoms with Gasteiger partial charge in [-0.3, -0.25) is 0 Å². The summed E-state index contributed by atoms with van der Waals surface area (Å²) in [6, 6.07) is 16.4. The van der Waals surface area contributed by atoms with Gasteiger partial charge < -0.3 is 10.6 Å². The number of hydrogen-bond acceptors (Lipinski definition) is 4. The first-order valence-corrected chi connectivity index (χ1v) is 9.29. The van der Waals surface area contributed by atoms with Crippen LogP contribution >= 0.6 is 0 Å². The van der Waals surface area contributed by atoms with Crippen LogP contribution in [-0.4, -0.2) is 23.1 Å². The largest absolute Gasteiger partial charge is 0.398 e. The van der Waals surface area contributed by atoms with Crippen LogP contribution in [0.1, 0.15) is 30.4 Å². The maximum absolute atomic E-state index is 6.23. The first-order valence-electron chi connectivity index (χ1n) is 9.29. The van der Waals surface area contributed by atoms with E-state index in [0.29, 0.717) is 0 Å². The third-order valence-corrected chi connectivity index (χ3v) is 4.98. The van der Waals surface area contributed by atoms with Gasteiger partial charge in [-0.25, -0.2) is 9.97 Å². The zero-order chi connectivity index (χ0) is 17.8. The molecule has 1 aliphatic rings. The van der Waals surface area contributed by atoms with Crippen molar-refractivity contribution >= 4 is 11.4 Å². The molecule has 1 aliphatic heterocycles. The summed E-state index contributed by atoms with van der Waals surface area (Å²) in [6.45, 7) is 2.27. The maximum atomic E-state index is 6.23. The number of nitrogens with two attached hydrogens (primary N) is 1. The van der Waals surface area contributed by atoms with E-state index in [1.807, 2.05) is 48.8 Å². The molecule has 0 bridgehead atoms. The lowest BCUT2D eigenvalue weighted by atomic mass is 10.0. The van der Waals surface area contributed by atoms with Crippen molar-refractivity contribution in [3.8, 4) is 11.4 Å². The normalized spacial score (nSPS) is 14.4. The number of anilines is 2. The average Bonchev–Trinajstić information content (AvgIpc) is 2.71. The molecule has 2 N–H and O–H groups in total. The highest BCUT2D eigenvalue weighted by Gasteiger charge is 2.13. The fraction of sp³-hybridized carbons (Fsp3) is 0.273. The van der Waals surface area contributed by atoms with Crippen molar-refractivity contribution in [1.29, 1.82) is 0 Å². The molecular weight excluding hydrogens is 320 g/mol. The molecule has 0 saturated carbocycles. The van der Waals surface area contributed by atoms with Gasteiger partial charge in [0.2, 0.25) is 0 Å². The van der Waals surface area contributed by atoms with E-state index in [4.69, 9.17) is 5.73 Å². The lowest BCUT2D eigenvalue weighted by Gasteiger charge is -2.29. The second kappa shape index (κ2) is 7.56. The van der Waals surface area contributed by atoms with Gasteiger partial charge in [0.25, 0.3) is 0 Å². The van der Waals surface area contributed by atoms with Gasteiger partial charge in [0.05, 0.1) is 0 Å². The van der Waals surface area contributed by atoms with E-state index in [-0.39, 0.29) is 0 Å². The van der Waals surface area contributed by atoms with Crippen molar-refractivity contribution in [2.45, 2.75) is 25.7 Å². The number of rotatable bonds is 4. The van der Waals surface area contributed by atoms with Gasteiger partial charge in [-0.05, 0) is 48.6 Å². The van der Waals surface area contributed by atoms with Gasteiger partial charge in [0, 0.05) is 48.8 Å².